The van der Waals surface area contributed by atoms with E-state index in [0.29, 0.717) is 22.5 Å². The van der Waals surface area contributed by atoms with Crippen LogP contribution in [0.1, 0.15) is 0 Å². The fourth-order valence-corrected chi connectivity index (χ4v) is 1.72. The molecule has 0 saturated carbocycles. The average molecular weight is 315 g/mol. The van der Waals surface area contributed by atoms with Gasteiger partial charge in [0.2, 0.25) is 5.88 Å². The number of rotatable bonds is 3. The Hall–Kier alpha value is -1.30. The molecular formula is C11H9BrClN3O. The smallest absolute Gasteiger partial charge is 0.221 e. The number of pyridine rings is 1. The van der Waals surface area contributed by atoms with Crippen molar-refractivity contribution in [2.24, 2.45) is 5.84 Å². The lowest BCUT2D eigenvalue weighted by atomic mass is 10.3. The van der Waals surface area contributed by atoms with E-state index in [0.717, 1.165) is 4.47 Å². The first-order valence-electron chi connectivity index (χ1n) is 4.75. The van der Waals surface area contributed by atoms with Gasteiger partial charge in [-0.2, -0.15) is 4.98 Å². The number of nitrogen functional groups attached to an aromatic ring is 1. The molecule has 17 heavy (non-hydrogen) atoms. The molecule has 0 bridgehead atoms. The Bertz CT molecular complexity index is 536. The van der Waals surface area contributed by atoms with Gasteiger partial charge in [0.05, 0.1) is 5.02 Å². The maximum Gasteiger partial charge on any atom is 0.221 e. The number of hydrazine groups is 1. The molecule has 0 fully saturated rings. The number of halogens is 2. The Labute approximate surface area is 112 Å². The molecule has 3 N–H and O–H groups in total. The Morgan fingerprint density at radius 2 is 2.12 bits per heavy atom. The predicted octanol–water partition coefficient (Wildman–Crippen LogP) is 3.58. The van der Waals surface area contributed by atoms with Crippen molar-refractivity contribution >= 4 is 33.3 Å². The predicted molar refractivity (Wildman–Crippen MR) is 71.3 cm³/mol. The number of hydrogen-bond donors (Lipinski definition) is 2. The first-order chi connectivity index (χ1) is 8.19. The number of aromatic nitrogens is 1. The first kappa shape index (κ1) is 12.2. The van der Waals surface area contributed by atoms with Crippen molar-refractivity contribution in [3.63, 3.8) is 0 Å². The molecule has 0 aliphatic rings. The van der Waals surface area contributed by atoms with E-state index in [4.69, 9.17) is 22.2 Å². The molecule has 1 heterocycles. The fraction of sp³-hybridized carbons (Fsp3) is 0. The van der Waals surface area contributed by atoms with E-state index >= 15 is 0 Å². The lowest BCUT2D eigenvalue weighted by Gasteiger charge is -2.08. The minimum atomic E-state index is 0.417. The summed E-state index contributed by atoms with van der Waals surface area (Å²) < 4.78 is 6.44. The third kappa shape index (κ3) is 3.09. The highest BCUT2D eigenvalue weighted by Gasteiger charge is 2.05. The molecule has 0 aliphatic carbocycles. The summed E-state index contributed by atoms with van der Waals surface area (Å²) in [5.74, 6) is 6.73. The van der Waals surface area contributed by atoms with Gasteiger partial charge < -0.3 is 10.2 Å². The van der Waals surface area contributed by atoms with Crippen LogP contribution in [0.4, 0.5) is 5.82 Å². The quantitative estimate of drug-likeness (QED) is 0.671. The molecule has 1 aromatic carbocycles. The van der Waals surface area contributed by atoms with Crippen LogP contribution in [0.15, 0.2) is 40.9 Å². The van der Waals surface area contributed by atoms with Crippen molar-refractivity contribution in [2.45, 2.75) is 0 Å². The molecule has 6 heteroatoms. The van der Waals surface area contributed by atoms with Gasteiger partial charge in [-0.3, -0.25) is 0 Å². The van der Waals surface area contributed by atoms with Crippen LogP contribution in [0.25, 0.3) is 0 Å². The van der Waals surface area contributed by atoms with E-state index in [1.165, 1.54) is 0 Å². The highest BCUT2D eigenvalue weighted by molar-refractivity contribution is 9.10. The Balaban J connectivity index is 2.27. The van der Waals surface area contributed by atoms with Gasteiger partial charge >= 0.3 is 0 Å². The second-order valence-corrected chi connectivity index (χ2v) is 4.51. The highest BCUT2D eigenvalue weighted by Crippen LogP contribution is 2.31. The van der Waals surface area contributed by atoms with Gasteiger partial charge in [-0.05, 0) is 24.3 Å². The minimum Gasteiger partial charge on any atom is -0.437 e. The Morgan fingerprint density at radius 3 is 2.88 bits per heavy atom. The molecule has 88 valence electrons. The van der Waals surface area contributed by atoms with Crippen LogP contribution in [0.5, 0.6) is 11.6 Å². The number of ether oxygens (including phenoxy) is 1. The van der Waals surface area contributed by atoms with Crippen LogP contribution in [0.3, 0.4) is 0 Å². The van der Waals surface area contributed by atoms with Crippen molar-refractivity contribution in [1.29, 1.82) is 0 Å². The van der Waals surface area contributed by atoms with E-state index in [1.54, 1.807) is 30.3 Å². The van der Waals surface area contributed by atoms with Crippen LogP contribution in [0, 0.1) is 0 Å². The SMILES string of the molecule is NNc1cccc(Oc2cc(Br)ccc2Cl)n1. The third-order valence-corrected chi connectivity index (χ3v) is 2.78. The molecule has 0 spiro atoms. The summed E-state index contributed by atoms with van der Waals surface area (Å²) >= 11 is 9.35. The molecule has 0 amide bonds. The van der Waals surface area contributed by atoms with Gasteiger partial charge in [-0.15, -0.1) is 0 Å². The van der Waals surface area contributed by atoms with E-state index in [1.807, 2.05) is 6.07 Å². The third-order valence-electron chi connectivity index (χ3n) is 1.98. The number of nitrogens with two attached hydrogens (primary N) is 1. The lowest BCUT2D eigenvalue weighted by Crippen LogP contribution is -2.08. The van der Waals surface area contributed by atoms with Crippen molar-refractivity contribution < 1.29 is 4.74 Å². The number of nitrogens with zero attached hydrogens (tertiary/aromatic N) is 1. The van der Waals surface area contributed by atoms with E-state index < -0.39 is 0 Å². The minimum absolute atomic E-state index is 0.417. The topological polar surface area (TPSA) is 60.2 Å². The summed E-state index contributed by atoms with van der Waals surface area (Å²) in [7, 11) is 0. The molecule has 2 rings (SSSR count). The molecule has 0 atom stereocenters. The summed E-state index contributed by atoms with van der Waals surface area (Å²) in [4.78, 5) is 4.13. The zero-order valence-corrected chi connectivity index (χ0v) is 11.0. The maximum absolute atomic E-state index is 6.01. The Morgan fingerprint density at radius 1 is 1.29 bits per heavy atom. The largest absolute Gasteiger partial charge is 0.437 e. The van der Waals surface area contributed by atoms with Crippen LogP contribution >= 0.6 is 27.5 Å². The normalized spacial score (nSPS) is 10.1. The molecular weight excluding hydrogens is 305 g/mol. The van der Waals surface area contributed by atoms with E-state index in [9.17, 15) is 0 Å². The molecule has 1 aromatic heterocycles. The van der Waals surface area contributed by atoms with Crippen LogP contribution < -0.4 is 16.0 Å². The van der Waals surface area contributed by atoms with Crippen molar-refractivity contribution in [3.05, 3.63) is 45.9 Å². The molecule has 2 aromatic rings. The van der Waals surface area contributed by atoms with Gasteiger partial charge in [0, 0.05) is 10.5 Å². The number of benzene rings is 1. The molecule has 4 nitrogen and oxygen atoms in total. The van der Waals surface area contributed by atoms with Crippen LogP contribution in [0.2, 0.25) is 5.02 Å². The van der Waals surface area contributed by atoms with Gasteiger partial charge in [-0.25, -0.2) is 5.84 Å². The molecule has 0 radical (unpaired) electrons. The standard InChI is InChI=1S/C11H9BrClN3O/c12-7-4-5-8(13)9(6-7)17-11-3-1-2-10(15-11)16-14/h1-6H,14H2,(H,15,16). The molecule has 0 unspecified atom stereocenters. The number of nitrogens with one attached hydrogen (secondary N) is 1. The van der Waals surface area contributed by atoms with E-state index in [2.05, 4.69) is 26.3 Å². The maximum atomic E-state index is 6.01. The number of hydrogen-bond acceptors (Lipinski definition) is 4. The van der Waals surface area contributed by atoms with Gasteiger partial charge in [-0.1, -0.05) is 33.6 Å². The zero-order chi connectivity index (χ0) is 12.3. The number of anilines is 1. The van der Waals surface area contributed by atoms with Gasteiger partial charge in [0.25, 0.3) is 0 Å². The second-order valence-electron chi connectivity index (χ2n) is 3.18. The summed E-state index contributed by atoms with van der Waals surface area (Å²) in [5.41, 5.74) is 2.45. The van der Waals surface area contributed by atoms with Crippen molar-refractivity contribution in [3.8, 4) is 11.6 Å². The molecule has 0 saturated heterocycles. The summed E-state index contributed by atoms with van der Waals surface area (Å²) in [5, 5.41) is 0.515. The summed E-state index contributed by atoms with van der Waals surface area (Å²) in [6.07, 6.45) is 0. The van der Waals surface area contributed by atoms with Crippen molar-refractivity contribution in [1.82, 2.24) is 4.98 Å². The zero-order valence-electron chi connectivity index (χ0n) is 8.65. The monoisotopic (exact) mass is 313 g/mol. The average Bonchev–Trinajstić information content (AvgIpc) is 2.34. The van der Waals surface area contributed by atoms with Crippen molar-refractivity contribution in [2.75, 3.05) is 5.43 Å². The van der Waals surface area contributed by atoms with Gasteiger partial charge in [0.15, 0.2) is 0 Å². The van der Waals surface area contributed by atoms with E-state index in [-0.39, 0.29) is 0 Å². The first-order valence-corrected chi connectivity index (χ1v) is 5.93. The van der Waals surface area contributed by atoms with Crippen LogP contribution in [-0.2, 0) is 0 Å². The van der Waals surface area contributed by atoms with Crippen LogP contribution in [-0.4, -0.2) is 4.98 Å². The molecule has 0 aliphatic heterocycles. The summed E-state index contributed by atoms with van der Waals surface area (Å²) in [6, 6.07) is 10.6. The fourth-order valence-electron chi connectivity index (χ4n) is 1.22. The van der Waals surface area contributed by atoms with Gasteiger partial charge in [0.1, 0.15) is 11.6 Å². The Kier molecular flexibility index (Phi) is 3.83. The highest BCUT2D eigenvalue weighted by atomic mass is 79.9. The second kappa shape index (κ2) is 5.35. The lowest BCUT2D eigenvalue weighted by molar-refractivity contribution is 0.463. The summed E-state index contributed by atoms with van der Waals surface area (Å²) in [6.45, 7) is 0.